The molecule has 0 unspecified atom stereocenters. The van der Waals surface area contributed by atoms with Gasteiger partial charge in [-0.05, 0) is 25.2 Å². The first kappa shape index (κ1) is 9.12. The molecule has 4 rings (SSSR count). The number of hydrogen-bond acceptors (Lipinski definition) is 5. The van der Waals surface area contributed by atoms with E-state index in [1.54, 1.807) is 0 Å². The molecular formula is C9H12BN3O2. The summed E-state index contributed by atoms with van der Waals surface area (Å²) in [5.74, 6) is 1.49. The molecule has 3 saturated carbocycles. The third kappa shape index (κ3) is 1.41. The zero-order valence-corrected chi connectivity index (χ0v) is 8.22. The number of anilines is 1. The number of aromatic nitrogens is 2. The summed E-state index contributed by atoms with van der Waals surface area (Å²) in [4.78, 5) is 8.10. The zero-order valence-electron chi connectivity index (χ0n) is 8.22. The number of nitrogens with zero attached hydrogens (tertiary/aromatic N) is 2. The van der Waals surface area contributed by atoms with Crippen molar-refractivity contribution in [1.82, 2.24) is 9.97 Å². The average molecular weight is 205 g/mol. The summed E-state index contributed by atoms with van der Waals surface area (Å²) in [6, 6.07) is 0. The summed E-state index contributed by atoms with van der Waals surface area (Å²) in [6.07, 6.45) is 6.54. The van der Waals surface area contributed by atoms with Crippen molar-refractivity contribution in [2.24, 2.45) is 5.92 Å². The average Bonchev–Trinajstić information content (AvgIpc) is 2.10. The molecule has 0 atom stereocenters. The molecule has 78 valence electrons. The Labute approximate surface area is 87.7 Å². The van der Waals surface area contributed by atoms with Gasteiger partial charge in [0.2, 0.25) is 5.95 Å². The Morgan fingerprint density at radius 2 is 1.87 bits per heavy atom. The molecule has 5 nitrogen and oxygen atoms in total. The van der Waals surface area contributed by atoms with E-state index in [-0.39, 0.29) is 5.54 Å². The van der Waals surface area contributed by atoms with Crippen LogP contribution in [0.1, 0.15) is 19.3 Å². The molecule has 3 aliphatic rings. The van der Waals surface area contributed by atoms with Crippen LogP contribution in [-0.4, -0.2) is 32.7 Å². The minimum absolute atomic E-state index is 0.254. The molecule has 15 heavy (non-hydrogen) atoms. The lowest BCUT2D eigenvalue weighted by atomic mass is 9.50. The molecule has 1 aromatic heterocycles. The van der Waals surface area contributed by atoms with Gasteiger partial charge < -0.3 is 15.4 Å². The first-order valence-corrected chi connectivity index (χ1v) is 5.13. The minimum atomic E-state index is -1.49. The molecule has 6 heteroatoms. The van der Waals surface area contributed by atoms with Crippen LogP contribution in [0, 0.1) is 5.92 Å². The fourth-order valence-electron chi connectivity index (χ4n) is 2.40. The first-order valence-electron chi connectivity index (χ1n) is 5.13. The van der Waals surface area contributed by atoms with Crippen molar-refractivity contribution >= 4 is 18.5 Å². The van der Waals surface area contributed by atoms with Gasteiger partial charge in [0.15, 0.2) is 0 Å². The lowest BCUT2D eigenvalue weighted by Gasteiger charge is -2.61. The molecule has 3 N–H and O–H groups in total. The van der Waals surface area contributed by atoms with Crippen molar-refractivity contribution in [2.75, 3.05) is 5.32 Å². The van der Waals surface area contributed by atoms with Gasteiger partial charge in [-0.2, -0.15) is 0 Å². The Morgan fingerprint density at radius 3 is 2.27 bits per heavy atom. The maximum Gasteiger partial charge on any atom is 0.491 e. The highest BCUT2D eigenvalue weighted by molar-refractivity contribution is 6.58. The fourth-order valence-corrected chi connectivity index (χ4v) is 2.40. The lowest BCUT2D eigenvalue weighted by Crippen LogP contribution is -2.63. The van der Waals surface area contributed by atoms with Gasteiger partial charge in [0.1, 0.15) is 0 Å². The van der Waals surface area contributed by atoms with Crippen LogP contribution in [0.4, 0.5) is 5.95 Å². The predicted octanol–water partition coefficient (Wildman–Crippen LogP) is -0.879. The molecule has 0 saturated heterocycles. The largest absolute Gasteiger partial charge is 0.491 e. The molecular weight excluding hydrogens is 193 g/mol. The monoisotopic (exact) mass is 205 g/mol. The van der Waals surface area contributed by atoms with Gasteiger partial charge in [0, 0.05) is 23.4 Å². The van der Waals surface area contributed by atoms with Crippen LogP contribution in [0.3, 0.4) is 0 Å². The Hall–Kier alpha value is -1.14. The molecule has 0 radical (unpaired) electrons. The predicted molar refractivity (Wildman–Crippen MR) is 55.6 cm³/mol. The van der Waals surface area contributed by atoms with Crippen molar-refractivity contribution in [3.63, 3.8) is 0 Å². The molecule has 0 amide bonds. The van der Waals surface area contributed by atoms with E-state index in [4.69, 9.17) is 10.0 Å². The lowest BCUT2D eigenvalue weighted by molar-refractivity contribution is 0.00146. The van der Waals surface area contributed by atoms with Gasteiger partial charge >= 0.3 is 7.12 Å². The maximum atomic E-state index is 8.87. The number of hydrogen-bond donors (Lipinski definition) is 3. The molecule has 0 aliphatic heterocycles. The van der Waals surface area contributed by atoms with Gasteiger partial charge in [0.25, 0.3) is 0 Å². The van der Waals surface area contributed by atoms with Crippen molar-refractivity contribution in [3.05, 3.63) is 12.4 Å². The summed E-state index contributed by atoms with van der Waals surface area (Å²) in [7, 11) is -1.49. The van der Waals surface area contributed by atoms with Crippen molar-refractivity contribution < 1.29 is 10.0 Å². The van der Waals surface area contributed by atoms with Crippen LogP contribution < -0.4 is 10.8 Å². The Bertz CT molecular complexity index is 364. The van der Waals surface area contributed by atoms with Gasteiger partial charge in [-0.1, -0.05) is 0 Å². The van der Waals surface area contributed by atoms with Crippen molar-refractivity contribution in [1.29, 1.82) is 0 Å². The van der Waals surface area contributed by atoms with E-state index in [0.29, 0.717) is 11.4 Å². The van der Waals surface area contributed by atoms with E-state index >= 15 is 0 Å². The quantitative estimate of drug-likeness (QED) is 0.558. The van der Waals surface area contributed by atoms with E-state index in [0.717, 1.165) is 5.92 Å². The minimum Gasteiger partial charge on any atom is -0.423 e. The van der Waals surface area contributed by atoms with E-state index in [1.807, 2.05) is 0 Å². The van der Waals surface area contributed by atoms with Crippen LogP contribution >= 0.6 is 0 Å². The summed E-state index contributed by atoms with van der Waals surface area (Å²) < 4.78 is 0. The SMILES string of the molecule is OB(O)c1cnc(NC23CC(C2)C3)nc1. The molecule has 1 aromatic rings. The van der Waals surface area contributed by atoms with Gasteiger partial charge in [-0.3, -0.25) is 0 Å². The van der Waals surface area contributed by atoms with Gasteiger partial charge in [0.05, 0.1) is 0 Å². The topological polar surface area (TPSA) is 78.3 Å². The molecule has 0 aromatic carbocycles. The third-order valence-corrected chi connectivity index (χ3v) is 3.39. The van der Waals surface area contributed by atoms with Crippen LogP contribution in [0.5, 0.6) is 0 Å². The molecule has 1 heterocycles. The van der Waals surface area contributed by atoms with Crippen molar-refractivity contribution in [3.8, 4) is 0 Å². The Morgan fingerprint density at radius 1 is 1.27 bits per heavy atom. The number of rotatable bonds is 3. The zero-order chi connectivity index (χ0) is 10.5. The summed E-state index contributed by atoms with van der Waals surface area (Å²) in [5, 5.41) is 21.0. The summed E-state index contributed by atoms with van der Waals surface area (Å²) in [5.41, 5.74) is 0.572. The van der Waals surface area contributed by atoms with E-state index in [9.17, 15) is 0 Å². The highest BCUT2D eigenvalue weighted by Gasteiger charge is 2.56. The Balaban J connectivity index is 1.70. The van der Waals surface area contributed by atoms with Gasteiger partial charge in [-0.25, -0.2) is 9.97 Å². The molecule has 0 spiro atoms. The molecule has 2 bridgehead atoms. The standard InChI is InChI=1S/C9H12BN3O2/c14-10(15)7-4-11-8(12-5-7)13-9-1-6(2-9)3-9/h4-6,14-15H,1-3H2,(H,11,12,13). The van der Waals surface area contributed by atoms with E-state index in [2.05, 4.69) is 15.3 Å². The molecule has 3 aliphatic carbocycles. The highest BCUT2D eigenvalue weighted by atomic mass is 16.4. The second-order valence-corrected chi connectivity index (χ2v) is 4.60. The van der Waals surface area contributed by atoms with Crippen LogP contribution in [-0.2, 0) is 0 Å². The highest BCUT2D eigenvalue weighted by Crippen LogP contribution is 2.58. The van der Waals surface area contributed by atoms with Crippen LogP contribution in [0.2, 0.25) is 0 Å². The van der Waals surface area contributed by atoms with E-state index < -0.39 is 7.12 Å². The van der Waals surface area contributed by atoms with Crippen LogP contribution in [0.25, 0.3) is 0 Å². The number of nitrogens with one attached hydrogen (secondary N) is 1. The first-order chi connectivity index (χ1) is 7.17. The van der Waals surface area contributed by atoms with Gasteiger partial charge in [-0.15, -0.1) is 0 Å². The fraction of sp³-hybridized carbons (Fsp3) is 0.556. The summed E-state index contributed by atoms with van der Waals surface area (Å²) >= 11 is 0. The second-order valence-electron chi connectivity index (χ2n) is 4.60. The van der Waals surface area contributed by atoms with Crippen LogP contribution in [0.15, 0.2) is 12.4 Å². The summed E-state index contributed by atoms with van der Waals surface area (Å²) in [6.45, 7) is 0. The molecule has 3 fully saturated rings. The van der Waals surface area contributed by atoms with Crippen molar-refractivity contribution in [2.45, 2.75) is 24.8 Å². The van der Waals surface area contributed by atoms with E-state index in [1.165, 1.54) is 31.7 Å². The Kier molecular flexibility index (Phi) is 1.78. The second kappa shape index (κ2) is 2.93. The maximum absolute atomic E-state index is 8.87. The smallest absolute Gasteiger partial charge is 0.423 e. The third-order valence-electron chi connectivity index (χ3n) is 3.39. The normalized spacial score (nSPS) is 31.5.